The third-order valence-corrected chi connectivity index (χ3v) is 3.87. The third-order valence-electron chi connectivity index (χ3n) is 3.87. The quantitative estimate of drug-likeness (QED) is 0.669. The van der Waals surface area contributed by atoms with Crippen molar-refractivity contribution in [3.05, 3.63) is 77.6 Å². The van der Waals surface area contributed by atoms with Crippen LogP contribution < -0.4 is 15.4 Å². The molecule has 0 saturated carbocycles. The van der Waals surface area contributed by atoms with E-state index in [0.717, 1.165) is 12.0 Å². The van der Waals surface area contributed by atoms with E-state index >= 15 is 0 Å². The molecular weight excluding hydrogens is 347 g/mol. The largest absolute Gasteiger partial charge is 0.497 e. The molecule has 3 aromatic rings. The molecule has 0 radical (unpaired) electrons. The van der Waals surface area contributed by atoms with Gasteiger partial charge in [0.2, 0.25) is 0 Å². The SMILES string of the molecule is COc1cccc(C(=O)Nc2ccc(NCCc3ccc(F)cc3)nn2)c1. The lowest BCUT2D eigenvalue weighted by atomic mass is 10.1. The number of aromatic nitrogens is 2. The summed E-state index contributed by atoms with van der Waals surface area (Å²) in [4.78, 5) is 12.2. The first-order valence-electron chi connectivity index (χ1n) is 8.41. The van der Waals surface area contributed by atoms with E-state index in [1.165, 1.54) is 12.1 Å². The summed E-state index contributed by atoms with van der Waals surface area (Å²) in [7, 11) is 1.55. The van der Waals surface area contributed by atoms with Gasteiger partial charge in [0.05, 0.1) is 7.11 Å². The van der Waals surface area contributed by atoms with Gasteiger partial charge in [-0.05, 0) is 54.4 Å². The Morgan fingerprint density at radius 2 is 1.78 bits per heavy atom. The first-order valence-corrected chi connectivity index (χ1v) is 8.41. The molecule has 2 aromatic carbocycles. The van der Waals surface area contributed by atoms with Crippen LogP contribution in [0.1, 0.15) is 15.9 Å². The van der Waals surface area contributed by atoms with Crippen molar-refractivity contribution in [1.82, 2.24) is 10.2 Å². The highest BCUT2D eigenvalue weighted by molar-refractivity contribution is 6.03. The van der Waals surface area contributed by atoms with E-state index in [0.29, 0.717) is 29.5 Å². The number of hydrogen-bond acceptors (Lipinski definition) is 5. The second kappa shape index (κ2) is 8.75. The van der Waals surface area contributed by atoms with Crippen LogP contribution in [-0.2, 0) is 6.42 Å². The van der Waals surface area contributed by atoms with Crippen LogP contribution in [0.4, 0.5) is 16.0 Å². The zero-order chi connectivity index (χ0) is 19.1. The fourth-order valence-electron chi connectivity index (χ4n) is 2.43. The van der Waals surface area contributed by atoms with E-state index < -0.39 is 0 Å². The summed E-state index contributed by atoms with van der Waals surface area (Å²) in [6, 6.07) is 16.6. The van der Waals surface area contributed by atoms with Crippen LogP contribution in [0.5, 0.6) is 5.75 Å². The van der Waals surface area contributed by atoms with Crippen molar-refractivity contribution in [1.29, 1.82) is 0 Å². The number of methoxy groups -OCH3 is 1. The number of carbonyl (C=O) groups is 1. The van der Waals surface area contributed by atoms with Gasteiger partial charge in [-0.1, -0.05) is 18.2 Å². The maximum atomic E-state index is 12.9. The maximum Gasteiger partial charge on any atom is 0.256 e. The van der Waals surface area contributed by atoms with Gasteiger partial charge in [-0.3, -0.25) is 4.79 Å². The van der Waals surface area contributed by atoms with Crippen LogP contribution >= 0.6 is 0 Å². The maximum absolute atomic E-state index is 12.9. The minimum Gasteiger partial charge on any atom is -0.497 e. The van der Waals surface area contributed by atoms with E-state index in [-0.39, 0.29) is 11.7 Å². The predicted octanol–water partition coefficient (Wildman–Crippen LogP) is 3.53. The molecular formula is C20H19FN4O2. The molecule has 0 saturated heterocycles. The van der Waals surface area contributed by atoms with Crippen LogP contribution in [0.2, 0.25) is 0 Å². The Labute approximate surface area is 156 Å². The molecule has 0 aliphatic carbocycles. The van der Waals surface area contributed by atoms with Crippen LogP contribution in [0.3, 0.4) is 0 Å². The first kappa shape index (κ1) is 18.3. The van der Waals surface area contributed by atoms with Crippen molar-refractivity contribution < 1.29 is 13.9 Å². The molecule has 2 N–H and O–H groups in total. The molecule has 138 valence electrons. The molecule has 0 fully saturated rings. The summed E-state index contributed by atoms with van der Waals surface area (Å²) in [5.41, 5.74) is 1.50. The molecule has 0 bridgehead atoms. The lowest BCUT2D eigenvalue weighted by Gasteiger charge is -2.07. The normalized spacial score (nSPS) is 10.3. The van der Waals surface area contributed by atoms with Crippen LogP contribution in [-0.4, -0.2) is 29.8 Å². The van der Waals surface area contributed by atoms with Crippen molar-refractivity contribution in [3.8, 4) is 5.75 Å². The highest BCUT2D eigenvalue weighted by atomic mass is 19.1. The number of ether oxygens (including phenoxy) is 1. The van der Waals surface area contributed by atoms with Crippen molar-refractivity contribution in [2.24, 2.45) is 0 Å². The molecule has 3 rings (SSSR count). The number of nitrogens with zero attached hydrogens (tertiary/aromatic N) is 2. The molecule has 7 heteroatoms. The van der Waals surface area contributed by atoms with E-state index in [2.05, 4.69) is 20.8 Å². The Bertz CT molecular complexity index is 899. The lowest BCUT2D eigenvalue weighted by molar-refractivity contribution is 0.102. The second-order valence-corrected chi connectivity index (χ2v) is 5.79. The third kappa shape index (κ3) is 5.24. The second-order valence-electron chi connectivity index (χ2n) is 5.79. The van der Waals surface area contributed by atoms with Crippen molar-refractivity contribution in [3.63, 3.8) is 0 Å². The molecule has 0 aliphatic heterocycles. The number of carbonyl (C=O) groups excluding carboxylic acids is 1. The molecule has 1 amide bonds. The zero-order valence-electron chi connectivity index (χ0n) is 14.8. The molecule has 1 aromatic heterocycles. The molecule has 0 unspecified atom stereocenters. The summed E-state index contributed by atoms with van der Waals surface area (Å²) in [5.74, 6) is 1.02. The number of amides is 1. The highest BCUT2D eigenvalue weighted by Crippen LogP contribution is 2.14. The Morgan fingerprint density at radius 1 is 1.04 bits per heavy atom. The monoisotopic (exact) mass is 366 g/mol. The summed E-state index contributed by atoms with van der Waals surface area (Å²) >= 11 is 0. The van der Waals surface area contributed by atoms with Gasteiger partial charge in [0.25, 0.3) is 5.91 Å². The minimum absolute atomic E-state index is 0.246. The van der Waals surface area contributed by atoms with E-state index in [1.807, 2.05) is 0 Å². The van der Waals surface area contributed by atoms with E-state index in [9.17, 15) is 9.18 Å². The minimum atomic E-state index is -0.291. The van der Waals surface area contributed by atoms with Gasteiger partial charge in [-0.25, -0.2) is 4.39 Å². The Kier molecular flexibility index (Phi) is 5.94. The first-order chi connectivity index (χ1) is 13.1. The van der Waals surface area contributed by atoms with Gasteiger partial charge in [-0.15, -0.1) is 10.2 Å². The molecule has 27 heavy (non-hydrogen) atoms. The average Bonchev–Trinajstić information content (AvgIpc) is 2.71. The van der Waals surface area contributed by atoms with Crippen molar-refractivity contribution in [2.75, 3.05) is 24.3 Å². The number of hydrogen-bond donors (Lipinski definition) is 2. The van der Waals surface area contributed by atoms with Crippen molar-refractivity contribution >= 4 is 17.5 Å². The van der Waals surface area contributed by atoms with Gasteiger partial charge in [0, 0.05) is 12.1 Å². The number of nitrogens with one attached hydrogen (secondary N) is 2. The summed E-state index contributed by atoms with van der Waals surface area (Å²) in [6.45, 7) is 0.635. The summed E-state index contributed by atoms with van der Waals surface area (Å²) < 4.78 is 18.0. The number of halogens is 1. The predicted molar refractivity (Wildman–Crippen MR) is 102 cm³/mol. The standard InChI is InChI=1S/C20H19FN4O2/c1-27-17-4-2-3-15(13-17)20(26)23-19-10-9-18(24-25-19)22-12-11-14-5-7-16(21)8-6-14/h2-10,13H,11-12H2,1H3,(H,22,24)(H,23,25,26). The highest BCUT2D eigenvalue weighted by Gasteiger charge is 2.08. The lowest BCUT2D eigenvalue weighted by Crippen LogP contribution is -2.14. The van der Waals surface area contributed by atoms with Gasteiger partial charge in [0.1, 0.15) is 17.4 Å². The van der Waals surface area contributed by atoms with Crippen LogP contribution in [0.15, 0.2) is 60.7 Å². The Morgan fingerprint density at radius 3 is 2.48 bits per heavy atom. The van der Waals surface area contributed by atoms with Gasteiger partial charge in [-0.2, -0.15) is 0 Å². The van der Waals surface area contributed by atoms with E-state index in [4.69, 9.17) is 4.74 Å². The van der Waals surface area contributed by atoms with Gasteiger partial charge < -0.3 is 15.4 Å². The molecule has 1 heterocycles. The molecule has 0 spiro atoms. The zero-order valence-corrected chi connectivity index (χ0v) is 14.8. The van der Waals surface area contributed by atoms with Crippen LogP contribution in [0, 0.1) is 5.82 Å². The summed E-state index contributed by atoms with van der Waals surface area (Å²) in [5, 5.41) is 13.9. The van der Waals surface area contributed by atoms with Crippen LogP contribution in [0.25, 0.3) is 0 Å². The fraction of sp³-hybridized carbons (Fsp3) is 0.150. The Hall–Kier alpha value is -3.48. The topological polar surface area (TPSA) is 76.1 Å². The smallest absolute Gasteiger partial charge is 0.256 e. The van der Waals surface area contributed by atoms with Gasteiger partial charge >= 0.3 is 0 Å². The molecule has 0 atom stereocenters. The van der Waals surface area contributed by atoms with Crippen molar-refractivity contribution in [2.45, 2.75) is 6.42 Å². The number of rotatable bonds is 7. The number of benzene rings is 2. The Balaban J connectivity index is 1.52. The van der Waals surface area contributed by atoms with E-state index in [1.54, 1.807) is 55.6 Å². The summed E-state index contributed by atoms with van der Waals surface area (Å²) in [6.07, 6.45) is 0.732. The fourth-order valence-corrected chi connectivity index (χ4v) is 2.43. The molecule has 0 aliphatic rings. The average molecular weight is 366 g/mol. The number of anilines is 2. The van der Waals surface area contributed by atoms with Gasteiger partial charge in [0.15, 0.2) is 5.82 Å². The molecule has 6 nitrogen and oxygen atoms in total.